The summed E-state index contributed by atoms with van der Waals surface area (Å²) >= 11 is 0. The number of aryl methyl sites for hydroxylation is 1. The minimum atomic E-state index is -4.32. The van der Waals surface area contributed by atoms with Crippen LogP contribution in [0.3, 0.4) is 0 Å². The lowest BCUT2D eigenvalue weighted by atomic mass is 9.99. The first-order valence-corrected chi connectivity index (χ1v) is 6.97. The maximum atomic E-state index is 12.6. The molecule has 0 amide bonds. The zero-order valence-electron chi connectivity index (χ0n) is 12.2. The van der Waals surface area contributed by atoms with Crippen LogP contribution in [0.1, 0.15) is 22.6 Å². The second-order valence-electron chi connectivity index (χ2n) is 5.18. The Morgan fingerprint density at radius 3 is 2.32 bits per heavy atom. The SMILES string of the molecule is Cc1cccc(OCC(CN)c2ccc(C(F)(F)F)cc2)c1. The van der Waals surface area contributed by atoms with Gasteiger partial charge in [-0.05, 0) is 42.3 Å². The van der Waals surface area contributed by atoms with E-state index in [4.69, 9.17) is 10.5 Å². The molecule has 1 atom stereocenters. The lowest BCUT2D eigenvalue weighted by Gasteiger charge is -2.17. The van der Waals surface area contributed by atoms with Crippen molar-refractivity contribution in [3.8, 4) is 5.75 Å². The van der Waals surface area contributed by atoms with Crippen LogP contribution in [0, 0.1) is 6.92 Å². The van der Waals surface area contributed by atoms with Gasteiger partial charge in [0.25, 0.3) is 0 Å². The summed E-state index contributed by atoms with van der Waals surface area (Å²) < 4.78 is 43.4. The first kappa shape index (κ1) is 16.4. The summed E-state index contributed by atoms with van der Waals surface area (Å²) in [6.07, 6.45) is -4.32. The molecule has 0 aliphatic heterocycles. The molecule has 0 aliphatic carbocycles. The van der Waals surface area contributed by atoms with Crippen LogP contribution in [0.5, 0.6) is 5.75 Å². The maximum absolute atomic E-state index is 12.6. The molecule has 0 spiro atoms. The molecule has 0 bridgehead atoms. The van der Waals surface area contributed by atoms with Gasteiger partial charge in [0.2, 0.25) is 0 Å². The Hall–Kier alpha value is -2.01. The average molecular weight is 309 g/mol. The fourth-order valence-electron chi connectivity index (χ4n) is 2.15. The molecule has 2 aromatic rings. The van der Waals surface area contributed by atoms with E-state index in [9.17, 15) is 13.2 Å². The van der Waals surface area contributed by atoms with Gasteiger partial charge in [0.15, 0.2) is 0 Å². The second-order valence-corrected chi connectivity index (χ2v) is 5.18. The molecule has 0 radical (unpaired) electrons. The number of nitrogens with two attached hydrogens (primary N) is 1. The van der Waals surface area contributed by atoms with Crippen molar-refractivity contribution in [2.75, 3.05) is 13.2 Å². The lowest BCUT2D eigenvalue weighted by molar-refractivity contribution is -0.137. The highest BCUT2D eigenvalue weighted by Crippen LogP contribution is 2.30. The van der Waals surface area contributed by atoms with Gasteiger partial charge in [0.1, 0.15) is 5.75 Å². The van der Waals surface area contributed by atoms with Crippen LogP contribution in [0.4, 0.5) is 13.2 Å². The van der Waals surface area contributed by atoms with E-state index in [-0.39, 0.29) is 5.92 Å². The van der Waals surface area contributed by atoms with E-state index in [1.165, 1.54) is 12.1 Å². The Balaban J connectivity index is 2.05. The number of halogens is 3. The van der Waals surface area contributed by atoms with Crippen molar-refractivity contribution in [2.24, 2.45) is 5.73 Å². The molecule has 5 heteroatoms. The summed E-state index contributed by atoms with van der Waals surface area (Å²) in [7, 11) is 0. The number of ether oxygens (including phenoxy) is 1. The fraction of sp³-hybridized carbons (Fsp3) is 0.294. The van der Waals surface area contributed by atoms with Gasteiger partial charge in [-0.25, -0.2) is 0 Å². The van der Waals surface area contributed by atoms with E-state index < -0.39 is 11.7 Å². The van der Waals surface area contributed by atoms with Crippen molar-refractivity contribution in [1.29, 1.82) is 0 Å². The van der Waals surface area contributed by atoms with Crippen molar-refractivity contribution in [2.45, 2.75) is 19.0 Å². The van der Waals surface area contributed by atoms with E-state index in [0.29, 0.717) is 13.2 Å². The monoisotopic (exact) mass is 309 g/mol. The van der Waals surface area contributed by atoms with Crippen LogP contribution in [0.25, 0.3) is 0 Å². The average Bonchev–Trinajstić information content (AvgIpc) is 2.47. The van der Waals surface area contributed by atoms with Crippen molar-refractivity contribution < 1.29 is 17.9 Å². The molecule has 1 unspecified atom stereocenters. The largest absolute Gasteiger partial charge is 0.493 e. The van der Waals surface area contributed by atoms with Gasteiger partial charge in [0, 0.05) is 12.5 Å². The van der Waals surface area contributed by atoms with E-state index in [1.807, 2.05) is 31.2 Å². The van der Waals surface area contributed by atoms with Gasteiger partial charge in [-0.1, -0.05) is 24.3 Å². The second kappa shape index (κ2) is 6.83. The predicted molar refractivity (Wildman–Crippen MR) is 79.9 cm³/mol. The van der Waals surface area contributed by atoms with Gasteiger partial charge < -0.3 is 10.5 Å². The molecule has 2 aromatic carbocycles. The van der Waals surface area contributed by atoms with Crippen LogP contribution in [0.15, 0.2) is 48.5 Å². The third-order valence-corrected chi connectivity index (χ3v) is 3.43. The molecule has 0 saturated heterocycles. The predicted octanol–water partition coefficient (Wildman–Crippen LogP) is 4.14. The molecular formula is C17H18F3NO. The highest BCUT2D eigenvalue weighted by atomic mass is 19.4. The Labute approximate surface area is 127 Å². The van der Waals surface area contributed by atoms with Crippen LogP contribution in [-0.2, 0) is 6.18 Å². The van der Waals surface area contributed by atoms with Crippen LogP contribution < -0.4 is 10.5 Å². The molecule has 2 nitrogen and oxygen atoms in total. The minimum absolute atomic E-state index is 0.150. The normalized spacial score (nSPS) is 13.0. The Kier molecular flexibility index (Phi) is 5.08. The molecule has 0 heterocycles. The fourth-order valence-corrected chi connectivity index (χ4v) is 2.15. The molecule has 118 valence electrons. The van der Waals surface area contributed by atoms with Gasteiger partial charge in [0.05, 0.1) is 12.2 Å². The van der Waals surface area contributed by atoms with Crippen molar-refractivity contribution in [1.82, 2.24) is 0 Å². The number of hydrogen-bond donors (Lipinski definition) is 1. The summed E-state index contributed by atoms with van der Waals surface area (Å²) in [5.41, 5.74) is 6.88. The zero-order chi connectivity index (χ0) is 16.2. The molecule has 0 aliphatic rings. The topological polar surface area (TPSA) is 35.2 Å². The Morgan fingerprint density at radius 2 is 1.77 bits per heavy atom. The van der Waals surface area contributed by atoms with Gasteiger partial charge in [-0.3, -0.25) is 0 Å². The third kappa shape index (κ3) is 4.24. The van der Waals surface area contributed by atoms with Crippen molar-refractivity contribution in [3.63, 3.8) is 0 Å². The smallest absolute Gasteiger partial charge is 0.416 e. The van der Waals surface area contributed by atoms with E-state index >= 15 is 0 Å². The minimum Gasteiger partial charge on any atom is -0.493 e. The Morgan fingerprint density at radius 1 is 1.09 bits per heavy atom. The standard InChI is InChI=1S/C17H18F3NO/c1-12-3-2-4-16(9-12)22-11-14(10-21)13-5-7-15(8-6-13)17(18,19)20/h2-9,14H,10-11,21H2,1H3. The van der Waals surface area contributed by atoms with Gasteiger partial charge >= 0.3 is 6.18 Å². The molecule has 0 fully saturated rings. The molecular weight excluding hydrogens is 291 g/mol. The summed E-state index contributed by atoms with van der Waals surface area (Å²) in [5.74, 6) is 0.577. The molecule has 2 rings (SSSR count). The number of hydrogen-bond acceptors (Lipinski definition) is 2. The highest BCUT2D eigenvalue weighted by molar-refractivity contribution is 5.29. The molecule has 2 N–H and O–H groups in total. The first-order valence-electron chi connectivity index (χ1n) is 6.97. The molecule has 0 saturated carbocycles. The van der Waals surface area contributed by atoms with E-state index in [0.717, 1.165) is 29.0 Å². The maximum Gasteiger partial charge on any atom is 0.416 e. The van der Waals surface area contributed by atoms with Crippen molar-refractivity contribution in [3.05, 3.63) is 65.2 Å². The quantitative estimate of drug-likeness (QED) is 0.901. The molecule has 0 aromatic heterocycles. The van der Waals surface area contributed by atoms with Crippen LogP contribution in [0.2, 0.25) is 0 Å². The summed E-state index contributed by atoms with van der Waals surface area (Å²) in [6, 6.07) is 12.7. The van der Waals surface area contributed by atoms with Gasteiger partial charge in [-0.15, -0.1) is 0 Å². The van der Waals surface area contributed by atoms with Crippen LogP contribution >= 0.6 is 0 Å². The van der Waals surface area contributed by atoms with E-state index in [1.54, 1.807) is 0 Å². The third-order valence-electron chi connectivity index (χ3n) is 3.43. The summed E-state index contributed by atoms with van der Waals surface area (Å²) in [4.78, 5) is 0. The molecule has 22 heavy (non-hydrogen) atoms. The summed E-state index contributed by atoms with van der Waals surface area (Å²) in [5, 5.41) is 0. The summed E-state index contributed by atoms with van der Waals surface area (Å²) in [6.45, 7) is 2.59. The van der Waals surface area contributed by atoms with Crippen LogP contribution in [-0.4, -0.2) is 13.2 Å². The highest BCUT2D eigenvalue weighted by Gasteiger charge is 2.30. The Bertz CT molecular complexity index is 608. The van der Waals surface area contributed by atoms with Gasteiger partial charge in [-0.2, -0.15) is 13.2 Å². The number of alkyl halides is 3. The van der Waals surface area contributed by atoms with E-state index in [2.05, 4.69) is 0 Å². The number of benzene rings is 2. The van der Waals surface area contributed by atoms with Crippen molar-refractivity contribution >= 4 is 0 Å². The number of rotatable bonds is 5. The lowest BCUT2D eigenvalue weighted by Crippen LogP contribution is -2.20. The first-order chi connectivity index (χ1) is 10.4. The zero-order valence-corrected chi connectivity index (χ0v) is 12.2.